The number of ketones is 1. The molecule has 0 aliphatic heterocycles. The summed E-state index contributed by atoms with van der Waals surface area (Å²) in [6.45, 7) is 6.34. The third kappa shape index (κ3) is 3.16. The highest BCUT2D eigenvalue weighted by Gasteiger charge is 2.17. The van der Waals surface area contributed by atoms with Gasteiger partial charge < -0.3 is 9.30 Å². The van der Waals surface area contributed by atoms with Gasteiger partial charge in [0.05, 0.1) is 6.20 Å². The van der Waals surface area contributed by atoms with Crippen molar-refractivity contribution in [1.82, 2.24) is 14.5 Å². The summed E-state index contributed by atoms with van der Waals surface area (Å²) < 4.78 is 7.02. The molecule has 0 N–H and O–H groups in total. The first-order valence-corrected chi connectivity index (χ1v) is 6.67. The van der Waals surface area contributed by atoms with Crippen molar-refractivity contribution in [2.45, 2.75) is 27.3 Å². The van der Waals surface area contributed by atoms with Crippen LogP contribution in [0.1, 0.15) is 39.2 Å². The van der Waals surface area contributed by atoms with E-state index in [0.717, 1.165) is 17.9 Å². The third-order valence-electron chi connectivity index (χ3n) is 3.30. The van der Waals surface area contributed by atoms with Crippen LogP contribution in [0.5, 0.6) is 0 Å². The molecular weight excluding hydrogens is 270 g/mol. The van der Waals surface area contributed by atoms with Crippen LogP contribution in [0, 0.1) is 13.8 Å². The van der Waals surface area contributed by atoms with E-state index in [9.17, 15) is 9.59 Å². The highest BCUT2D eigenvalue weighted by Crippen LogP contribution is 2.15. The molecule has 0 bridgehead atoms. The second-order valence-corrected chi connectivity index (χ2v) is 4.62. The molecule has 0 aliphatic carbocycles. The normalized spacial score (nSPS) is 10.4. The summed E-state index contributed by atoms with van der Waals surface area (Å²) in [5, 5.41) is 0. The van der Waals surface area contributed by atoms with E-state index in [2.05, 4.69) is 9.97 Å². The van der Waals surface area contributed by atoms with Crippen molar-refractivity contribution >= 4 is 11.8 Å². The van der Waals surface area contributed by atoms with Crippen LogP contribution in [-0.2, 0) is 11.3 Å². The average molecular weight is 287 g/mol. The van der Waals surface area contributed by atoms with Crippen molar-refractivity contribution in [3.05, 3.63) is 47.3 Å². The van der Waals surface area contributed by atoms with Crippen molar-refractivity contribution < 1.29 is 14.3 Å². The van der Waals surface area contributed by atoms with Crippen LogP contribution in [-0.4, -0.2) is 32.9 Å². The molecule has 6 nitrogen and oxygen atoms in total. The Hall–Kier alpha value is -2.50. The van der Waals surface area contributed by atoms with Gasteiger partial charge in [-0.15, -0.1) is 0 Å². The van der Waals surface area contributed by atoms with E-state index >= 15 is 0 Å². The predicted octanol–water partition coefficient (Wildman–Crippen LogP) is 1.95. The van der Waals surface area contributed by atoms with Gasteiger partial charge >= 0.3 is 5.97 Å². The predicted molar refractivity (Wildman–Crippen MR) is 76.2 cm³/mol. The minimum Gasteiger partial charge on any atom is -0.453 e. The molecule has 0 aromatic carbocycles. The zero-order valence-corrected chi connectivity index (χ0v) is 12.3. The van der Waals surface area contributed by atoms with Crippen LogP contribution < -0.4 is 0 Å². The summed E-state index contributed by atoms with van der Waals surface area (Å²) in [6.07, 6.45) is 4.16. The molecule has 0 spiro atoms. The van der Waals surface area contributed by atoms with Crippen LogP contribution >= 0.6 is 0 Å². The lowest BCUT2D eigenvalue weighted by Crippen LogP contribution is -2.16. The summed E-state index contributed by atoms with van der Waals surface area (Å²) in [4.78, 5) is 31.5. The molecule has 0 fully saturated rings. The lowest BCUT2D eigenvalue weighted by atomic mass is 10.1. The third-order valence-corrected chi connectivity index (χ3v) is 3.30. The van der Waals surface area contributed by atoms with E-state index < -0.39 is 5.97 Å². The number of carbonyl (C=O) groups is 2. The van der Waals surface area contributed by atoms with E-state index in [-0.39, 0.29) is 18.1 Å². The topological polar surface area (TPSA) is 74.1 Å². The lowest BCUT2D eigenvalue weighted by Gasteiger charge is -2.06. The molecule has 2 rings (SSSR count). The number of ether oxygens (including phenoxy) is 1. The highest BCUT2D eigenvalue weighted by atomic mass is 16.5. The van der Waals surface area contributed by atoms with Crippen molar-refractivity contribution in [1.29, 1.82) is 0 Å². The quantitative estimate of drug-likeness (QED) is 0.620. The molecule has 0 saturated heterocycles. The van der Waals surface area contributed by atoms with Gasteiger partial charge in [-0.3, -0.25) is 9.78 Å². The van der Waals surface area contributed by atoms with Gasteiger partial charge in [-0.2, -0.15) is 0 Å². The molecule has 0 amide bonds. The zero-order chi connectivity index (χ0) is 15.4. The fraction of sp³-hybridized carbons (Fsp3) is 0.333. The first-order chi connectivity index (χ1) is 10.0. The van der Waals surface area contributed by atoms with E-state index in [1.165, 1.54) is 18.6 Å². The molecule has 0 radical (unpaired) electrons. The van der Waals surface area contributed by atoms with Gasteiger partial charge in [0.15, 0.2) is 12.3 Å². The lowest BCUT2D eigenvalue weighted by molar-refractivity contribution is 0.0468. The first-order valence-electron chi connectivity index (χ1n) is 6.67. The standard InChI is InChI=1S/C15H17N3O3/c1-4-18-10(2)7-12(11(18)3)14(19)9-21-15(20)13-8-16-5-6-17-13/h5-8H,4,9H2,1-3H3. The van der Waals surface area contributed by atoms with Gasteiger partial charge in [-0.05, 0) is 26.8 Å². The number of hydrogen-bond donors (Lipinski definition) is 0. The number of aromatic nitrogens is 3. The molecule has 0 atom stereocenters. The number of hydrogen-bond acceptors (Lipinski definition) is 5. The Bertz CT molecular complexity index is 662. The number of nitrogens with zero attached hydrogens (tertiary/aromatic N) is 3. The number of rotatable bonds is 5. The SMILES string of the molecule is CCn1c(C)cc(C(=O)COC(=O)c2cnccn2)c1C. The average Bonchev–Trinajstić information content (AvgIpc) is 2.79. The minimum atomic E-state index is -0.652. The second-order valence-electron chi connectivity index (χ2n) is 4.62. The van der Waals surface area contributed by atoms with Gasteiger partial charge in [0.25, 0.3) is 0 Å². The summed E-state index contributed by atoms with van der Waals surface area (Å²) in [5.74, 6) is -0.874. The first kappa shape index (κ1) is 14.9. The molecule has 0 aliphatic rings. The molecule has 0 unspecified atom stereocenters. The van der Waals surface area contributed by atoms with E-state index in [1.54, 1.807) is 0 Å². The molecule has 21 heavy (non-hydrogen) atoms. The zero-order valence-electron chi connectivity index (χ0n) is 12.3. The molecular formula is C15H17N3O3. The van der Waals surface area contributed by atoms with Gasteiger partial charge in [0, 0.05) is 35.9 Å². The van der Waals surface area contributed by atoms with E-state index in [1.807, 2.05) is 31.4 Å². The smallest absolute Gasteiger partial charge is 0.358 e. The maximum atomic E-state index is 12.2. The fourth-order valence-electron chi connectivity index (χ4n) is 2.26. The number of esters is 1. The summed E-state index contributed by atoms with van der Waals surface area (Å²) in [7, 11) is 0. The van der Waals surface area contributed by atoms with Crippen LogP contribution in [0.3, 0.4) is 0 Å². The van der Waals surface area contributed by atoms with Crippen LogP contribution in [0.25, 0.3) is 0 Å². The van der Waals surface area contributed by atoms with E-state index in [0.29, 0.717) is 5.56 Å². The van der Waals surface area contributed by atoms with Gasteiger partial charge in [-0.25, -0.2) is 9.78 Å². The number of carbonyl (C=O) groups excluding carboxylic acids is 2. The Morgan fingerprint density at radius 3 is 2.62 bits per heavy atom. The van der Waals surface area contributed by atoms with Crippen LogP contribution in [0.4, 0.5) is 0 Å². The Morgan fingerprint density at radius 1 is 1.29 bits per heavy atom. The summed E-state index contributed by atoms with van der Waals surface area (Å²) in [6, 6.07) is 1.82. The number of Topliss-reactive ketones (excluding diaryl/α,β-unsaturated/α-hetero) is 1. The van der Waals surface area contributed by atoms with Gasteiger partial charge in [0.2, 0.25) is 5.78 Å². The van der Waals surface area contributed by atoms with Gasteiger partial charge in [0.1, 0.15) is 0 Å². The molecule has 2 heterocycles. The second kappa shape index (κ2) is 6.30. The Balaban J connectivity index is 2.04. The van der Waals surface area contributed by atoms with Gasteiger partial charge in [-0.1, -0.05) is 0 Å². The minimum absolute atomic E-state index is 0.0873. The molecule has 2 aromatic heterocycles. The Kier molecular flexibility index (Phi) is 4.47. The Morgan fingerprint density at radius 2 is 2.05 bits per heavy atom. The number of aryl methyl sites for hydroxylation is 1. The van der Waals surface area contributed by atoms with Crippen LogP contribution in [0.15, 0.2) is 24.7 Å². The van der Waals surface area contributed by atoms with Crippen molar-refractivity contribution in [2.24, 2.45) is 0 Å². The highest BCUT2D eigenvalue weighted by molar-refractivity contribution is 6.00. The maximum Gasteiger partial charge on any atom is 0.358 e. The monoisotopic (exact) mass is 287 g/mol. The largest absolute Gasteiger partial charge is 0.453 e. The summed E-state index contributed by atoms with van der Waals surface area (Å²) >= 11 is 0. The fourth-order valence-corrected chi connectivity index (χ4v) is 2.26. The van der Waals surface area contributed by atoms with Crippen molar-refractivity contribution in [2.75, 3.05) is 6.61 Å². The molecule has 0 saturated carbocycles. The van der Waals surface area contributed by atoms with Crippen LogP contribution in [0.2, 0.25) is 0 Å². The molecule has 2 aromatic rings. The van der Waals surface area contributed by atoms with Crippen molar-refractivity contribution in [3.8, 4) is 0 Å². The van der Waals surface area contributed by atoms with E-state index in [4.69, 9.17) is 4.74 Å². The maximum absolute atomic E-state index is 12.2. The van der Waals surface area contributed by atoms with Crippen molar-refractivity contribution in [3.63, 3.8) is 0 Å². The summed E-state index contributed by atoms with van der Waals surface area (Å²) in [5.41, 5.74) is 2.57. The molecule has 6 heteroatoms. The molecule has 110 valence electrons. The Labute approximate surface area is 122 Å².